The van der Waals surface area contributed by atoms with Gasteiger partial charge in [-0.2, -0.15) is 0 Å². The number of nitrogens with two attached hydrogens (primary N) is 1. The molecule has 0 fully saturated rings. The normalized spacial score (nSPS) is 11.7. The first kappa shape index (κ1) is 13.0. The molecule has 0 unspecified atom stereocenters. The molecule has 0 bridgehead atoms. The zero-order valence-electron chi connectivity index (χ0n) is 11.7. The lowest BCUT2D eigenvalue weighted by molar-refractivity contribution is 0.619. The van der Waals surface area contributed by atoms with Crippen LogP contribution in [0.15, 0.2) is 6.20 Å². The molecule has 2 N–H and O–H groups in total. The van der Waals surface area contributed by atoms with E-state index in [1.807, 2.05) is 7.05 Å². The fourth-order valence-electron chi connectivity index (χ4n) is 2.35. The van der Waals surface area contributed by atoms with Crippen LogP contribution in [0, 0.1) is 5.92 Å². The van der Waals surface area contributed by atoms with E-state index in [1.165, 1.54) is 0 Å². The fraction of sp³-hybridized carbons (Fsp3) is 0.571. The predicted molar refractivity (Wildman–Crippen MR) is 74.3 cm³/mol. The lowest BCUT2D eigenvalue weighted by Crippen LogP contribution is -2.06. The number of hydrogen-bond acceptors (Lipinski definition) is 3. The highest BCUT2D eigenvalue weighted by Crippen LogP contribution is 2.23. The van der Waals surface area contributed by atoms with Gasteiger partial charge in [0, 0.05) is 31.6 Å². The van der Waals surface area contributed by atoms with E-state index >= 15 is 0 Å². The quantitative estimate of drug-likeness (QED) is 0.899. The summed E-state index contributed by atoms with van der Waals surface area (Å²) < 4.78 is 2.06. The third-order valence-corrected chi connectivity index (χ3v) is 3.16. The largest absolute Gasteiger partial charge is 0.335 e. The van der Waals surface area contributed by atoms with Crippen molar-refractivity contribution in [2.45, 2.75) is 40.2 Å². The summed E-state index contributed by atoms with van der Waals surface area (Å²) in [5, 5.41) is 1.15. The molecular weight excluding hydrogens is 224 g/mol. The molecule has 0 aromatic carbocycles. The van der Waals surface area contributed by atoms with Gasteiger partial charge in [-0.15, -0.1) is 0 Å². The minimum absolute atomic E-state index is 0.539. The van der Waals surface area contributed by atoms with Crippen LogP contribution in [0.1, 0.15) is 37.9 Å². The van der Waals surface area contributed by atoms with Crippen molar-refractivity contribution in [3.8, 4) is 0 Å². The van der Waals surface area contributed by atoms with Gasteiger partial charge in [0.05, 0.1) is 5.69 Å². The number of hydrogen-bond donors (Lipinski definition) is 1. The van der Waals surface area contributed by atoms with Crippen LogP contribution < -0.4 is 5.73 Å². The van der Waals surface area contributed by atoms with E-state index in [1.54, 1.807) is 0 Å². The summed E-state index contributed by atoms with van der Waals surface area (Å²) >= 11 is 0. The van der Waals surface area contributed by atoms with Gasteiger partial charge in [-0.3, -0.25) is 0 Å². The second-order valence-electron chi connectivity index (χ2n) is 5.21. The molecule has 0 amide bonds. The molecule has 4 heteroatoms. The zero-order chi connectivity index (χ0) is 13.3. The van der Waals surface area contributed by atoms with E-state index in [-0.39, 0.29) is 0 Å². The van der Waals surface area contributed by atoms with Gasteiger partial charge < -0.3 is 10.3 Å². The van der Waals surface area contributed by atoms with E-state index in [0.29, 0.717) is 12.5 Å². The van der Waals surface area contributed by atoms with Crippen molar-refractivity contribution in [1.29, 1.82) is 0 Å². The molecule has 2 aromatic rings. The number of aryl methyl sites for hydroxylation is 2. The Morgan fingerprint density at radius 1 is 1.33 bits per heavy atom. The maximum atomic E-state index is 5.80. The van der Waals surface area contributed by atoms with Crippen molar-refractivity contribution in [1.82, 2.24) is 14.5 Å². The Kier molecular flexibility index (Phi) is 3.66. The fourth-order valence-corrected chi connectivity index (χ4v) is 2.35. The summed E-state index contributed by atoms with van der Waals surface area (Å²) in [5.74, 6) is 1.51. The first-order valence-electron chi connectivity index (χ1n) is 6.60. The van der Waals surface area contributed by atoms with Crippen LogP contribution in [-0.2, 0) is 26.4 Å². The van der Waals surface area contributed by atoms with Gasteiger partial charge in [0.15, 0.2) is 0 Å². The highest BCUT2D eigenvalue weighted by molar-refractivity contribution is 5.83. The van der Waals surface area contributed by atoms with Gasteiger partial charge in [-0.1, -0.05) is 20.8 Å². The summed E-state index contributed by atoms with van der Waals surface area (Å²) in [6.07, 6.45) is 3.91. The molecule has 0 aliphatic rings. The minimum Gasteiger partial charge on any atom is -0.335 e. The third-order valence-electron chi connectivity index (χ3n) is 3.16. The van der Waals surface area contributed by atoms with Gasteiger partial charge in [0.2, 0.25) is 0 Å². The second kappa shape index (κ2) is 5.06. The molecule has 0 radical (unpaired) electrons. The minimum atomic E-state index is 0.539. The average Bonchev–Trinajstić information content (AvgIpc) is 2.65. The first-order chi connectivity index (χ1) is 8.56. The van der Waals surface area contributed by atoms with Gasteiger partial charge in [0.1, 0.15) is 11.5 Å². The monoisotopic (exact) mass is 246 g/mol. The van der Waals surface area contributed by atoms with Crippen LogP contribution in [0.5, 0.6) is 0 Å². The first-order valence-corrected chi connectivity index (χ1v) is 6.60. The number of fused-ring (bicyclic) bond motifs is 1. The molecule has 0 spiro atoms. The highest BCUT2D eigenvalue weighted by Gasteiger charge is 2.14. The van der Waals surface area contributed by atoms with Crippen molar-refractivity contribution in [2.24, 2.45) is 18.7 Å². The summed E-state index contributed by atoms with van der Waals surface area (Å²) in [6, 6.07) is 0. The molecule has 0 saturated carbocycles. The van der Waals surface area contributed by atoms with Crippen molar-refractivity contribution >= 4 is 11.0 Å². The van der Waals surface area contributed by atoms with Crippen molar-refractivity contribution in [2.75, 3.05) is 0 Å². The van der Waals surface area contributed by atoms with Crippen LogP contribution in [0.4, 0.5) is 0 Å². The predicted octanol–water partition coefficient (Wildman–Crippen LogP) is 2.19. The summed E-state index contributed by atoms with van der Waals surface area (Å²) in [5.41, 5.74) is 9.08. The Morgan fingerprint density at radius 3 is 2.61 bits per heavy atom. The van der Waals surface area contributed by atoms with Crippen LogP contribution in [0.3, 0.4) is 0 Å². The molecule has 4 nitrogen and oxygen atoms in total. The van der Waals surface area contributed by atoms with E-state index in [0.717, 1.165) is 41.0 Å². The summed E-state index contributed by atoms with van der Waals surface area (Å²) in [6.45, 7) is 7.05. The molecule has 0 aliphatic carbocycles. The maximum absolute atomic E-state index is 5.80. The highest BCUT2D eigenvalue weighted by atomic mass is 15.0. The van der Waals surface area contributed by atoms with Gasteiger partial charge in [-0.05, 0) is 17.9 Å². The number of nitrogens with zero attached hydrogens (tertiary/aromatic N) is 3. The average molecular weight is 246 g/mol. The van der Waals surface area contributed by atoms with Crippen LogP contribution in [0.2, 0.25) is 0 Å². The Bertz CT molecular complexity index is 554. The molecule has 18 heavy (non-hydrogen) atoms. The Morgan fingerprint density at radius 2 is 2.06 bits per heavy atom. The topological polar surface area (TPSA) is 56.7 Å². The van der Waals surface area contributed by atoms with Crippen LogP contribution >= 0.6 is 0 Å². The molecule has 2 heterocycles. The van der Waals surface area contributed by atoms with Gasteiger partial charge >= 0.3 is 0 Å². The molecule has 0 aliphatic heterocycles. The van der Waals surface area contributed by atoms with Gasteiger partial charge in [0.25, 0.3) is 0 Å². The van der Waals surface area contributed by atoms with Crippen molar-refractivity contribution < 1.29 is 0 Å². The molecule has 98 valence electrons. The number of aromatic nitrogens is 3. The maximum Gasteiger partial charge on any atom is 0.143 e. The smallest absolute Gasteiger partial charge is 0.143 e. The van der Waals surface area contributed by atoms with Gasteiger partial charge in [-0.25, -0.2) is 9.97 Å². The van der Waals surface area contributed by atoms with Crippen molar-refractivity contribution in [3.63, 3.8) is 0 Å². The van der Waals surface area contributed by atoms with Crippen LogP contribution in [0.25, 0.3) is 11.0 Å². The van der Waals surface area contributed by atoms with E-state index in [4.69, 9.17) is 10.7 Å². The molecule has 0 atom stereocenters. The van der Waals surface area contributed by atoms with E-state index < -0.39 is 0 Å². The Balaban J connectivity index is 2.65. The molecule has 0 saturated heterocycles. The SMILES string of the molecule is CCc1nc(CC(C)C)nc2c1c(CN)cn2C. The lowest BCUT2D eigenvalue weighted by Gasteiger charge is -2.08. The Labute approximate surface area is 108 Å². The molecular formula is C14H22N4. The standard InChI is InChI=1S/C14H22N4/c1-5-11-13-10(7-15)8-18(4)14(13)17-12(16-11)6-9(2)3/h8-9H,5-7,15H2,1-4H3. The van der Waals surface area contributed by atoms with E-state index in [2.05, 4.69) is 36.5 Å². The van der Waals surface area contributed by atoms with E-state index in [9.17, 15) is 0 Å². The summed E-state index contributed by atoms with van der Waals surface area (Å²) in [7, 11) is 2.02. The summed E-state index contributed by atoms with van der Waals surface area (Å²) in [4.78, 5) is 9.39. The molecule has 2 aromatic heterocycles. The van der Waals surface area contributed by atoms with Crippen LogP contribution in [-0.4, -0.2) is 14.5 Å². The zero-order valence-corrected chi connectivity index (χ0v) is 11.7. The lowest BCUT2D eigenvalue weighted by atomic mass is 10.1. The Hall–Kier alpha value is -1.42. The van der Waals surface area contributed by atoms with Crippen molar-refractivity contribution in [3.05, 3.63) is 23.3 Å². The molecule has 2 rings (SSSR count). The number of rotatable bonds is 4. The third kappa shape index (κ3) is 2.25. The second-order valence-corrected chi connectivity index (χ2v) is 5.21.